The summed E-state index contributed by atoms with van der Waals surface area (Å²) in [5.74, 6) is -5.70. The first-order chi connectivity index (χ1) is 33.1. The van der Waals surface area contributed by atoms with Gasteiger partial charge in [0.15, 0.2) is 38.0 Å². The lowest BCUT2D eigenvalue weighted by atomic mass is 9.88. The molecule has 71 heavy (non-hydrogen) atoms. The van der Waals surface area contributed by atoms with Gasteiger partial charge >= 0.3 is 25.2 Å². The molecule has 16 nitrogen and oxygen atoms in total. The van der Waals surface area contributed by atoms with E-state index in [2.05, 4.69) is 0 Å². The summed E-state index contributed by atoms with van der Waals surface area (Å²) >= 11 is 5.50. The molecule has 0 amide bonds. The van der Waals surface area contributed by atoms with Gasteiger partial charge < -0.3 is 54.5 Å². The van der Waals surface area contributed by atoms with Crippen molar-refractivity contribution in [1.29, 1.82) is 0 Å². The third-order valence-corrected chi connectivity index (χ3v) is 14.8. The van der Waals surface area contributed by atoms with Crippen LogP contribution in [0.3, 0.4) is 0 Å². The van der Waals surface area contributed by atoms with Crippen molar-refractivity contribution in [3.63, 3.8) is 0 Å². The zero-order chi connectivity index (χ0) is 52.4. The molecule has 0 radical (unpaired) electrons. The second-order valence-corrected chi connectivity index (χ2v) is 21.9. The number of nitrogens with zero attached hydrogens (tertiary/aromatic N) is 4. The van der Waals surface area contributed by atoms with Crippen LogP contribution in [-0.2, 0) is 19.3 Å². The van der Waals surface area contributed by atoms with Crippen LogP contribution < -0.4 is 36.2 Å². The summed E-state index contributed by atoms with van der Waals surface area (Å²) in [5.41, 5.74) is 8.38. The molecule has 2 saturated heterocycles. The smallest absolute Gasteiger partial charge is 0.387 e. The summed E-state index contributed by atoms with van der Waals surface area (Å²) in [6, 6.07) is 1.15. The molecule has 4 aromatic rings. The number of fused-ring (bicyclic) bond motifs is 2. The molecule has 0 unspecified atom stereocenters. The predicted octanol–water partition coefficient (Wildman–Crippen LogP) is 8.11. The number of hydrogen-bond acceptors (Lipinski definition) is 15. The first-order valence-corrected chi connectivity index (χ1v) is 25.5. The fourth-order valence-electron chi connectivity index (χ4n) is 9.59. The number of aromatic hydroxyl groups is 1. The SMILES string of the molecule is CCOC(=O)c1c(O)c2cc(F)c(N3CC[C@@H](C(C)(C)N)C3)c(OC(F)F)c2n(C2CC2)c1=S.CCOC(=O)c1c(S(C)(=O)=O)n(C2CC2)c2c(OC(F)F)c(N3CC[C@@H](C(C)(C)N)C3)c(F)cc2c1=O. The number of carbonyl (C=O) groups is 2. The summed E-state index contributed by atoms with van der Waals surface area (Å²) in [7, 11) is -4.27. The molecule has 0 bridgehead atoms. The van der Waals surface area contributed by atoms with Crippen molar-refractivity contribution in [1.82, 2.24) is 9.13 Å². The van der Waals surface area contributed by atoms with Gasteiger partial charge in [0.25, 0.3) is 0 Å². The van der Waals surface area contributed by atoms with Gasteiger partial charge in [-0.3, -0.25) is 4.79 Å². The molecular formula is C47H58F6N6O10S2. The predicted molar refractivity (Wildman–Crippen MR) is 255 cm³/mol. The zero-order valence-electron chi connectivity index (χ0n) is 40.3. The molecular weight excluding hydrogens is 987 g/mol. The number of benzene rings is 2. The molecule has 2 saturated carbocycles. The zero-order valence-corrected chi connectivity index (χ0v) is 41.9. The molecule has 4 fully saturated rings. The molecule has 24 heteroatoms. The maximum Gasteiger partial charge on any atom is 0.387 e. The molecule has 2 atom stereocenters. The van der Waals surface area contributed by atoms with Crippen LogP contribution in [0.1, 0.15) is 113 Å². The van der Waals surface area contributed by atoms with Crippen LogP contribution in [-0.4, -0.2) is 105 Å². The summed E-state index contributed by atoms with van der Waals surface area (Å²) in [6.07, 6.45) is 4.29. The molecule has 0 spiro atoms. The maximum absolute atomic E-state index is 15.7. The normalized spacial score (nSPS) is 18.7. The number of aromatic nitrogens is 2. The largest absolute Gasteiger partial charge is 0.506 e. The van der Waals surface area contributed by atoms with Gasteiger partial charge in [0, 0.05) is 61.0 Å². The molecule has 4 aliphatic rings. The van der Waals surface area contributed by atoms with Crippen LogP contribution in [0.2, 0.25) is 0 Å². The van der Waals surface area contributed by atoms with E-state index >= 15 is 8.78 Å². The highest BCUT2D eigenvalue weighted by Gasteiger charge is 2.42. The number of ether oxygens (including phenoxy) is 4. The number of pyridine rings is 2. The average molecular weight is 1050 g/mol. The highest BCUT2D eigenvalue weighted by atomic mass is 32.2. The van der Waals surface area contributed by atoms with Crippen molar-refractivity contribution in [2.24, 2.45) is 23.3 Å². The monoisotopic (exact) mass is 1040 g/mol. The Morgan fingerprint density at radius 2 is 1.15 bits per heavy atom. The topological polar surface area (TPSA) is 211 Å². The summed E-state index contributed by atoms with van der Waals surface area (Å²) in [5, 5.41) is 9.67. The second-order valence-electron chi connectivity index (χ2n) is 19.6. The number of rotatable bonds is 15. The number of carbonyl (C=O) groups excluding carboxylic acids is 2. The standard InChI is InChI=1S/C24H30F3N3O6S.C23H28F3N3O4S/c1-5-35-22(32)16-19(31)14-10-15(25)18(29-9-8-12(11-29)24(2,3)28)20(36-23(26)27)17(14)30(13-6-7-13)21(16)37(4,33)34;1-4-32-21(31)15-18(30)13-9-14(24)17(28-8-7-11(10-28)23(2,3)27)19(33-22(25)26)16(13)29(20(15)34)12-5-6-12/h10,12-13,23H,5-9,11,28H2,1-4H3;9,11-12,22,30H,4-8,10,27H2,1-3H3/t12-;11-/m11/s1. The van der Waals surface area contributed by atoms with E-state index in [0.29, 0.717) is 51.6 Å². The van der Waals surface area contributed by atoms with Crippen LogP contribution >= 0.6 is 12.2 Å². The lowest BCUT2D eigenvalue weighted by molar-refractivity contribution is -0.0495. The number of hydrogen-bond donors (Lipinski definition) is 3. The van der Waals surface area contributed by atoms with E-state index in [1.807, 2.05) is 27.7 Å². The Morgan fingerprint density at radius 1 is 0.746 bits per heavy atom. The lowest BCUT2D eigenvalue weighted by Gasteiger charge is -2.29. The summed E-state index contributed by atoms with van der Waals surface area (Å²) in [4.78, 5) is 42.0. The van der Waals surface area contributed by atoms with Gasteiger partial charge in [0.1, 0.15) is 32.9 Å². The van der Waals surface area contributed by atoms with E-state index in [1.54, 1.807) is 11.8 Å². The van der Waals surface area contributed by atoms with Crippen LogP contribution in [0.4, 0.5) is 37.7 Å². The van der Waals surface area contributed by atoms with E-state index in [0.717, 1.165) is 23.0 Å². The van der Waals surface area contributed by atoms with Crippen molar-refractivity contribution in [2.75, 3.05) is 55.4 Å². The summed E-state index contributed by atoms with van der Waals surface area (Å²) in [6.45, 7) is 4.94. The minimum Gasteiger partial charge on any atom is -0.506 e. The quantitative estimate of drug-likeness (QED) is 0.0583. The number of alkyl halides is 4. The Kier molecular flexibility index (Phi) is 15.0. The Morgan fingerprint density at radius 3 is 1.54 bits per heavy atom. The van der Waals surface area contributed by atoms with Crippen molar-refractivity contribution in [3.8, 4) is 17.2 Å². The van der Waals surface area contributed by atoms with E-state index in [1.165, 1.54) is 16.4 Å². The third-order valence-electron chi connectivity index (χ3n) is 13.3. The molecule has 5 N–H and O–H groups in total. The highest BCUT2D eigenvalue weighted by molar-refractivity contribution is 7.90. The number of sulfone groups is 1. The van der Waals surface area contributed by atoms with Gasteiger partial charge in [-0.2, -0.15) is 17.6 Å². The number of halogens is 6. The molecule has 2 aliphatic heterocycles. The van der Waals surface area contributed by atoms with E-state index in [9.17, 15) is 45.5 Å². The maximum atomic E-state index is 15.7. The van der Waals surface area contributed by atoms with Crippen LogP contribution in [0.5, 0.6) is 17.2 Å². The van der Waals surface area contributed by atoms with E-state index in [4.69, 9.17) is 42.6 Å². The van der Waals surface area contributed by atoms with Crippen molar-refractivity contribution < 1.29 is 68.4 Å². The molecule has 2 aromatic carbocycles. The van der Waals surface area contributed by atoms with Gasteiger partial charge in [0.05, 0.1) is 29.6 Å². The van der Waals surface area contributed by atoms with Gasteiger partial charge in [-0.25, -0.2) is 26.8 Å². The first kappa shape index (κ1) is 53.5. The van der Waals surface area contributed by atoms with Gasteiger partial charge in [-0.05, 0) is 104 Å². The van der Waals surface area contributed by atoms with Gasteiger partial charge in [0.2, 0.25) is 5.43 Å². The number of esters is 2. The van der Waals surface area contributed by atoms with Crippen LogP contribution in [0, 0.1) is 28.1 Å². The third kappa shape index (κ3) is 10.6. The fourth-order valence-corrected chi connectivity index (χ4v) is 11.2. The van der Waals surface area contributed by atoms with Crippen LogP contribution in [0.25, 0.3) is 21.8 Å². The number of anilines is 2. The van der Waals surface area contributed by atoms with E-state index < -0.39 is 102 Å². The molecule has 4 heterocycles. The Hall–Kier alpha value is -5.33. The fraction of sp³-hybridized carbons (Fsp3) is 0.574. The molecule has 390 valence electrons. The second kappa shape index (κ2) is 19.9. The van der Waals surface area contributed by atoms with Crippen molar-refractivity contribution in [2.45, 2.75) is 121 Å². The lowest BCUT2D eigenvalue weighted by Crippen LogP contribution is -2.42. The average Bonchev–Trinajstić information content (AvgIpc) is 4.17. The Bertz CT molecular complexity index is 3000. The van der Waals surface area contributed by atoms with Crippen molar-refractivity contribution >= 4 is 67.2 Å². The van der Waals surface area contributed by atoms with E-state index in [-0.39, 0.29) is 82.2 Å². The Labute approximate surface area is 410 Å². The van der Waals surface area contributed by atoms with Gasteiger partial charge in [-0.1, -0.05) is 12.2 Å². The van der Waals surface area contributed by atoms with Gasteiger partial charge in [-0.15, -0.1) is 0 Å². The van der Waals surface area contributed by atoms with Crippen LogP contribution in [0.15, 0.2) is 22.0 Å². The highest BCUT2D eigenvalue weighted by Crippen LogP contribution is 2.51. The summed E-state index contributed by atoms with van der Waals surface area (Å²) < 4.78 is 134. The minimum atomic E-state index is -4.27. The first-order valence-electron chi connectivity index (χ1n) is 23.2. The van der Waals surface area contributed by atoms with Crippen molar-refractivity contribution in [3.05, 3.63) is 49.8 Å². The molecule has 2 aliphatic carbocycles. The molecule has 2 aromatic heterocycles. The number of nitrogens with two attached hydrogens (primary N) is 2. The molecule has 8 rings (SSSR count). The Balaban J connectivity index is 0.000000209. The minimum absolute atomic E-state index is 0.00617.